The topological polar surface area (TPSA) is 142 Å². The minimum atomic E-state index is -0.867. The second kappa shape index (κ2) is 27.5. The van der Waals surface area contributed by atoms with Gasteiger partial charge < -0.3 is 20.7 Å². The van der Waals surface area contributed by atoms with Gasteiger partial charge in [-0.05, 0) is 181 Å². The molecule has 7 fully saturated rings. The minimum Gasteiger partial charge on any atom is -0.444 e. The van der Waals surface area contributed by atoms with Crippen LogP contribution in [-0.2, 0) is 14.3 Å². The van der Waals surface area contributed by atoms with Gasteiger partial charge in [-0.3, -0.25) is 34.6 Å². The lowest BCUT2D eigenvalue weighted by Gasteiger charge is -2.54. The number of anilines is 3. The molecule has 3 unspecified atom stereocenters. The number of carbonyl (C=O) groups excluding carboxylic acids is 4. The van der Waals surface area contributed by atoms with Gasteiger partial charge in [0, 0.05) is 40.7 Å². The normalized spacial score (nSPS) is 23.5. The highest BCUT2D eigenvalue weighted by Crippen LogP contribution is 2.54. The Morgan fingerprint density at radius 2 is 0.920 bits per heavy atom. The van der Waals surface area contributed by atoms with E-state index in [1.54, 1.807) is 110 Å². The molecule has 4 aliphatic carbocycles. The number of para-hydroxylation sites is 3. The van der Waals surface area contributed by atoms with E-state index in [1.165, 1.54) is 55.3 Å². The fraction of sp³-hybridized carbons (Fsp3) is 0.403. The largest absolute Gasteiger partial charge is 0.444 e. The van der Waals surface area contributed by atoms with E-state index >= 15 is 0 Å². The second-order valence-electron chi connectivity index (χ2n) is 24.4. The first-order valence-electron chi connectivity index (χ1n) is 30.0. The molecular weight excluding hydrogens is 1170 g/mol. The van der Waals surface area contributed by atoms with E-state index in [0.717, 1.165) is 46.5 Å². The van der Waals surface area contributed by atoms with Crippen molar-refractivity contribution in [1.29, 1.82) is 0 Å². The smallest absolute Gasteiger partial charge is 0.408 e. The highest BCUT2D eigenvalue weighted by Gasteiger charge is 2.49. The average molecular weight is 1250 g/mol. The van der Waals surface area contributed by atoms with Gasteiger partial charge in [0.1, 0.15) is 35.1 Å². The number of hydrogen-bond donors (Lipinski definition) is 4. The van der Waals surface area contributed by atoms with E-state index in [4.69, 9.17) is 39.5 Å². The van der Waals surface area contributed by atoms with Crippen molar-refractivity contribution in [1.82, 2.24) is 31.4 Å². The SMILES string of the molecule is C[C@H](NC(=O)NC1C2CC3CC(C2)CC1C3)C(=O)N1CCC(c2ccccc2Cl)N1c1ccccc1F.C[C@H](NC(=O)OC(C)(C)C)C(=O)N1CCC(c2ccccc2Cl)N1c1ccccc1F.Fc1ccccc1N1NCCC1c1ccccc1Cl. The predicted octanol–water partition coefficient (Wildman–Crippen LogP) is 14.7. The summed E-state index contributed by atoms with van der Waals surface area (Å²) >= 11 is 19.2. The molecule has 7 aliphatic rings. The number of carbonyl (C=O) groups is 4. The van der Waals surface area contributed by atoms with Gasteiger partial charge in [-0.15, -0.1) is 0 Å². The zero-order valence-corrected chi connectivity index (χ0v) is 51.7. The van der Waals surface area contributed by atoms with E-state index in [0.29, 0.717) is 59.2 Å². The second-order valence-corrected chi connectivity index (χ2v) is 25.6. The van der Waals surface area contributed by atoms with Gasteiger partial charge in [0.15, 0.2) is 0 Å². The van der Waals surface area contributed by atoms with Crippen molar-refractivity contribution in [3.63, 3.8) is 0 Å². The Bertz CT molecular complexity index is 3350. The molecule has 4 saturated carbocycles. The van der Waals surface area contributed by atoms with Crippen LogP contribution in [-0.4, -0.2) is 77.3 Å². The standard InChI is InChI=1S/C29H34ClFN4O2.C23H27ClFN3O3.C15H14ClFN2/c1-17(32-29(37)33-27-20-13-18-12-19(15-20)16-21(27)14-18)28(36)34-11-10-25(22-6-2-3-7-23(22)30)35(34)26-9-5-4-8-24(26)31;1-15(26-22(30)31-23(2,3)4)21(29)27-14-13-19(16-9-5-6-10-17(16)24)28(27)20-12-8-7-11-18(20)25;16-12-6-2-1-5-11(12)14-9-10-18-19(14)15-8-4-3-7-13(15)17/h2-9,17-21,25,27H,10-16H2,1H3,(H2,32,33,37);5-12,15,19H,13-14H2,1-4H3,(H,26,30);1-8,14,18H,9-10H2/t17-,18?,19?,20?,21?,25?,27?;15-,19?;/m00./s1. The van der Waals surface area contributed by atoms with Crippen LogP contribution in [0.2, 0.25) is 15.1 Å². The lowest BCUT2D eigenvalue weighted by molar-refractivity contribution is -0.133. The molecule has 0 spiro atoms. The molecule has 3 heterocycles. The third-order valence-corrected chi connectivity index (χ3v) is 18.3. The van der Waals surface area contributed by atoms with Crippen molar-refractivity contribution in [3.05, 3.63) is 195 Å². The molecule has 4 N–H and O–H groups in total. The molecule has 0 radical (unpaired) electrons. The molecule has 87 heavy (non-hydrogen) atoms. The summed E-state index contributed by atoms with van der Waals surface area (Å²) in [6, 6.07) is 39.7. The van der Waals surface area contributed by atoms with Crippen molar-refractivity contribution in [2.75, 3.05) is 34.7 Å². The number of amides is 5. The van der Waals surface area contributed by atoms with Crippen LogP contribution in [0, 0.1) is 41.1 Å². The molecule has 13 rings (SSSR count). The molecule has 5 atom stereocenters. The predicted molar refractivity (Wildman–Crippen MR) is 335 cm³/mol. The fourth-order valence-corrected chi connectivity index (χ4v) is 14.5. The summed E-state index contributed by atoms with van der Waals surface area (Å²) in [7, 11) is 0. The zero-order chi connectivity index (χ0) is 61.7. The third-order valence-electron chi connectivity index (χ3n) is 17.3. The van der Waals surface area contributed by atoms with Gasteiger partial charge >= 0.3 is 12.1 Å². The number of hydrogen-bond acceptors (Lipinski definition) is 9. The molecule has 3 aliphatic heterocycles. The average Bonchev–Trinajstić information content (AvgIpc) is 1.91. The summed E-state index contributed by atoms with van der Waals surface area (Å²) in [4.78, 5) is 52.1. The van der Waals surface area contributed by atoms with Gasteiger partial charge in [0.2, 0.25) is 0 Å². The summed E-state index contributed by atoms with van der Waals surface area (Å²) < 4.78 is 48.9. The lowest BCUT2D eigenvalue weighted by Crippen LogP contribution is -2.59. The molecule has 14 nitrogen and oxygen atoms in total. The number of halogens is 6. The molecule has 6 aromatic rings. The molecule has 460 valence electrons. The van der Waals surface area contributed by atoms with Crippen molar-refractivity contribution in [2.24, 2.45) is 23.7 Å². The van der Waals surface area contributed by atoms with E-state index < -0.39 is 35.4 Å². The van der Waals surface area contributed by atoms with Crippen LogP contribution in [0.3, 0.4) is 0 Å². The number of urea groups is 1. The number of benzene rings is 6. The number of ether oxygens (including phenoxy) is 1. The Morgan fingerprint density at radius 1 is 0.529 bits per heavy atom. The molecule has 6 aromatic carbocycles. The number of rotatable bonds is 11. The Balaban J connectivity index is 0.000000152. The van der Waals surface area contributed by atoms with E-state index in [-0.39, 0.29) is 53.5 Å². The van der Waals surface area contributed by atoms with Gasteiger partial charge in [-0.25, -0.2) is 28.2 Å². The Kier molecular flexibility index (Phi) is 19.8. The van der Waals surface area contributed by atoms with Crippen LogP contribution in [0.5, 0.6) is 0 Å². The zero-order valence-electron chi connectivity index (χ0n) is 49.5. The van der Waals surface area contributed by atoms with Crippen molar-refractivity contribution in [2.45, 2.75) is 128 Å². The Hall–Kier alpha value is -7.18. The van der Waals surface area contributed by atoms with Crippen LogP contribution in [0.15, 0.2) is 146 Å². The van der Waals surface area contributed by atoms with Crippen LogP contribution in [0.4, 0.5) is 39.8 Å². The first kappa shape index (κ1) is 62.9. The van der Waals surface area contributed by atoms with Gasteiger partial charge in [-0.2, -0.15) is 0 Å². The maximum absolute atomic E-state index is 15.0. The van der Waals surface area contributed by atoms with Gasteiger partial charge in [0.25, 0.3) is 11.8 Å². The fourth-order valence-electron chi connectivity index (χ4n) is 13.8. The quantitative estimate of drug-likeness (QED) is 0.0997. The van der Waals surface area contributed by atoms with E-state index in [2.05, 4.69) is 21.4 Å². The van der Waals surface area contributed by atoms with Crippen LogP contribution < -0.4 is 36.4 Å². The summed E-state index contributed by atoms with van der Waals surface area (Å²) in [6.45, 7) is 10.1. The van der Waals surface area contributed by atoms with Crippen molar-refractivity contribution >= 4 is 75.8 Å². The Labute approximate surface area is 522 Å². The van der Waals surface area contributed by atoms with E-state index in [1.807, 2.05) is 71.7 Å². The van der Waals surface area contributed by atoms with Crippen molar-refractivity contribution in [3.8, 4) is 0 Å². The Morgan fingerprint density at radius 3 is 1.34 bits per heavy atom. The lowest BCUT2D eigenvalue weighted by atomic mass is 9.54. The monoisotopic (exact) mass is 1250 g/mol. The van der Waals surface area contributed by atoms with Crippen LogP contribution >= 0.6 is 34.8 Å². The first-order valence-corrected chi connectivity index (χ1v) is 31.1. The number of alkyl carbamates (subject to hydrolysis) is 1. The molecular formula is C67H75Cl3F3N9O5. The van der Waals surface area contributed by atoms with Crippen LogP contribution in [0.25, 0.3) is 0 Å². The summed E-state index contributed by atoms with van der Waals surface area (Å²) in [5.41, 5.74) is 6.34. The molecule has 4 bridgehead atoms. The minimum absolute atomic E-state index is 0.0607. The van der Waals surface area contributed by atoms with Gasteiger partial charge in [-0.1, -0.05) is 126 Å². The first-order chi connectivity index (χ1) is 41.7. The maximum atomic E-state index is 15.0. The summed E-state index contributed by atoms with van der Waals surface area (Å²) in [5, 5.41) is 18.7. The highest BCUT2D eigenvalue weighted by molar-refractivity contribution is 6.32. The van der Waals surface area contributed by atoms with Gasteiger partial charge in [0.05, 0.1) is 35.2 Å². The number of nitrogens with zero attached hydrogens (tertiary/aromatic N) is 5. The molecule has 5 amide bonds. The van der Waals surface area contributed by atoms with E-state index in [9.17, 15) is 32.3 Å². The molecule has 3 saturated heterocycles. The molecule has 0 aromatic heterocycles. The summed E-state index contributed by atoms with van der Waals surface area (Å²) in [6.07, 6.45) is 7.57. The maximum Gasteiger partial charge on any atom is 0.408 e. The number of hydrazine groups is 3. The third kappa shape index (κ3) is 14.4. The van der Waals surface area contributed by atoms with Crippen molar-refractivity contribution < 1.29 is 37.1 Å². The van der Waals surface area contributed by atoms with Crippen LogP contribution in [0.1, 0.15) is 121 Å². The highest BCUT2D eigenvalue weighted by atomic mass is 35.5. The number of nitrogens with one attached hydrogen (secondary N) is 4. The molecule has 20 heteroatoms. The summed E-state index contributed by atoms with van der Waals surface area (Å²) in [5.74, 6) is 1.02.